The second kappa shape index (κ2) is 11.3. The molecule has 4 rings (SSSR count). The Kier molecular flexibility index (Phi) is 7.90. The lowest BCUT2D eigenvalue weighted by Crippen LogP contribution is -2.30. The zero-order valence-corrected chi connectivity index (χ0v) is 22.0. The number of aryl methyl sites for hydroxylation is 1. The zero-order chi connectivity index (χ0) is 25.7. The van der Waals surface area contributed by atoms with Gasteiger partial charge in [0.25, 0.3) is 5.91 Å². The van der Waals surface area contributed by atoms with Crippen molar-refractivity contribution < 1.29 is 19.1 Å². The van der Waals surface area contributed by atoms with Gasteiger partial charge in [-0.15, -0.1) is 0 Å². The van der Waals surface area contributed by atoms with Crippen molar-refractivity contribution in [2.24, 2.45) is 0 Å². The summed E-state index contributed by atoms with van der Waals surface area (Å²) in [6, 6.07) is 20.3. The third kappa shape index (κ3) is 5.69. The number of rotatable bonds is 8. The van der Waals surface area contributed by atoms with Crippen LogP contribution < -0.4 is 14.8 Å². The maximum atomic E-state index is 13.0. The van der Waals surface area contributed by atoms with Gasteiger partial charge in [0.1, 0.15) is 12.3 Å². The molecule has 1 aliphatic rings. The molecule has 36 heavy (non-hydrogen) atoms. The number of benzene rings is 3. The summed E-state index contributed by atoms with van der Waals surface area (Å²) in [6.07, 6.45) is 1.63. The van der Waals surface area contributed by atoms with Gasteiger partial charge in [-0.3, -0.25) is 9.69 Å². The molecule has 0 atom stereocenters. The Bertz CT molecular complexity index is 1380. The second-order valence-corrected chi connectivity index (χ2v) is 9.35. The number of urea groups is 1. The molecule has 8 heteroatoms. The molecular weight excluding hydrogens is 569 g/mol. The van der Waals surface area contributed by atoms with Crippen LogP contribution in [0.3, 0.4) is 0 Å². The number of nitrogens with zero attached hydrogens (tertiary/aromatic N) is 2. The van der Waals surface area contributed by atoms with Gasteiger partial charge in [0.2, 0.25) is 0 Å². The molecule has 1 saturated heterocycles. The molecule has 1 heterocycles. The number of hydrogen-bond donors (Lipinski definition) is 1. The fourth-order valence-electron chi connectivity index (χ4n) is 3.74. The fourth-order valence-corrected chi connectivity index (χ4v) is 4.52. The Labute approximate surface area is 223 Å². The number of imide groups is 1. The Balaban J connectivity index is 1.56. The van der Waals surface area contributed by atoms with Crippen LogP contribution in [0.4, 0.5) is 4.79 Å². The third-order valence-corrected chi connectivity index (χ3v) is 6.38. The van der Waals surface area contributed by atoms with E-state index >= 15 is 0 Å². The molecule has 3 aromatic rings. The van der Waals surface area contributed by atoms with Gasteiger partial charge in [0.15, 0.2) is 11.5 Å². The molecule has 1 fully saturated rings. The largest absolute Gasteiger partial charge is 0.490 e. The van der Waals surface area contributed by atoms with Crippen LogP contribution in [0.25, 0.3) is 6.08 Å². The lowest BCUT2D eigenvalue weighted by Gasteiger charge is -2.15. The minimum absolute atomic E-state index is 0.195. The number of nitrogens with one attached hydrogen (secondary N) is 1. The molecule has 7 nitrogen and oxygen atoms in total. The average molecular weight is 593 g/mol. The molecule has 182 valence electrons. The number of nitriles is 1. The van der Waals surface area contributed by atoms with Crippen LogP contribution in [0.1, 0.15) is 34.7 Å². The van der Waals surface area contributed by atoms with Crippen molar-refractivity contribution in [3.8, 4) is 17.6 Å². The van der Waals surface area contributed by atoms with E-state index in [9.17, 15) is 14.9 Å². The van der Waals surface area contributed by atoms with Crippen molar-refractivity contribution in [3.63, 3.8) is 0 Å². The summed E-state index contributed by atoms with van der Waals surface area (Å²) in [6.45, 7) is 4.68. The molecule has 0 aromatic heterocycles. The highest BCUT2D eigenvalue weighted by atomic mass is 127. The van der Waals surface area contributed by atoms with Gasteiger partial charge in [-0.2, -0.15) is 5.26 Å². The summed E-state index contributed by atoms with van der Waals surface area (Å²) >= 11 is 2.15. The summed E-state index contributed by atoms with van der Waals surface area (Å²) in [5, 5.41) is 12.0. The van der Waals surface area contributed by atoms with E-state index in [-0.39, 0.29) is 24.8 Å². The third-order valence-electron chi connectivity index (χ3n) is 5.58. The normalized spacial score (nSPS) is 14.1. The lowest BCUT2D eigenvalue weighted by atomic mass is 10.1. The molecule has 3 aromatic carbocycles. The Morgan fingerprint density at radius 3 is 2.56 bits per heavy atom. The molecule has 0 unspecified atom stereocenters. The number of halogens is 1. The number of amides is 3. The second-order valence-electron chi connectivity index (χ2n) is 8.19. The maximum Gasteiger partial charge on any atom is 0.329 e. The monoisotopic (exact) mass is 593 g/mol. The quantitative estimate of drug-likeness (QED) is 0.210. The van der Waals surface area contributed by atoms with E-state index in [0.29, 0.717) is 29.2 Å². The Morgan fingerprint density at radius 2 is 1.83 bits per heavy atom. The van der Waals surface area contributed by atoms with E-state index in [0.717, 1.165) is 20.3 Å². The van der Waals surface area contributed by atoms with Crippen LogP contribution in [-0.2, 0) is 17.9 Å². The SMILES string of the molecule is CCOc1cc(/C=C2/NC(=O)N(Cc3ccc(C)cc3)C2=O)cc(I)c1OCc1ccccc1C#N. The van der Waals surface area contributed by atoms with Gasteiger partial charge in [-0.1, -0.05) is 48.0 Å². The van der Waals surface area contributed by atoms with Crippen LogP contribution in [0.5, 0.6) is 11.5 Å². The van der Waals surface area contributed by atoms with Crippen molar-refractivity contribution in [2.75, 3.05) is 6.61 Å². The van der Waals surface area contributed by atoms with Crippen LogP contribution in [-0.4, -0.2) is 23.4 Å². The van der Waals surface area contributed by atoms with E-state index in [1.54, 1.807) is 18.2 Å². The predicted molar refractivity (Wildman–Crippen MR) is 144 cm³/mol. The van der Waals surface area contributed by atoms with Gasteiger partial charge < -0.3 is 14.8 Å². The lowest BCUT2D eigenvalue weighted by molar-refractivity contribution is -0.123. The first kappa shape index (κ1) is 25.3. The van der Waals surface area contributed by atoms with E-state index in [2.05, 4.69) is 34.0 Å². The molecule has 0 saturated carbocycles. The number of hydrogen-bond acceptors (Lipinski definition) is 5. The first-order valence-electron chi connectivity index (χ1n) is 11.4. The van der Waals surface area contributed by atoms with Gasteiger partial charge in [0, 0.05) is 5.56 Å². The first-order valence-corrected chi connectivity index (χ1v) is 12.4. The first-order chi connectivity index (χ1) is 17.4. The van der Waals surface area contributed by atoms with Crippen LogP contribution in [0, 0.1) is 21.8 Å². The molecule has 0 bridgehead atoms. The molecule has 3 amide bonds. The molecule has 0 aliphatic carbocycles. The topological polar surface area (TPSA) is 91.7 Å². The van der Waals surface area contributed by atoms with Crippen LogP contribution >= 0.6 is 22.6 Å². The average Bonchev–Trinajstić information content (AvgIpc) is 3.12. The molecule has 1 aliphatic heterocycles. The van der Waals surface area contributed by atoms with Crippen LogP contribution in [0.15, 0.2) is 66.4 Å². The van der Waals surface area contributed by atoms with Crippen molar-refractivity contribution in [2.45, 2.75) is 27.0 Å². The highest BCUT2D eigenvalue weighted by Crippen LogP contribution is 2.36. The van der Waals surface area contributed by atoms with Crippen molar-refractivity contribution >= 4 is 40.6 Å². The number of carbonyl (C=O) groups is 2. The summed E-state index contributed by atoms with van der Waals surface area (Å²) in [4.78, 5) is 26.7. The molecule has 1 N–H and O–H groups in total. The minimum Gasteiger partial charge on any atom is -0.490 e. The van der Waals surface area contributed by atoms with Crippen molar-refractivity contribution in [1.82, 2.24) is 10.2 Å². The Morgan fingerprint density at radius 1 is 1.08 bits per heavy atom. The predicted octanol–water partition coefficient (Wildman–Crippen LogP) is 5.54. The maximum absolute atomic E-state index is 13.0. The highest BCUT2D eigenvalue weighted by Gasteiger charge is 2.33. The number of carbonyl (C=O) groups excluding carboxylic acids is 2. The van der Waals surface area contributed by atoms with Gasteiger partial charge in [-0.25, -0.2) is 4.79 Å². The summed E-state index contributed by atoms with van der Waals surface area (Å²) in [5.74, 6) is 0.677. The summed E-state index contributed by atoms with van der Waals surface area (Å²) in [5.41, 5.74) is 4.20. The molecule has 0 radical (unpaired) electrons. The summed E-state index contributed by atoms with van der Waals surface area (Å²) in [7, 11) is 0. The van der Waals surface area contributed by atoms with Gasteiger partial charge >= 0.3 is 6.03 Å². The van der Waals surface area contributed by atoms with Crippen molar-refractivity contribution in [1.29, 1.82) is 5.26 Å². The van der Waals surface area contributed by atoms with Gasteiger partial charge in [0.05, 0.1) is 28.4 Å². The smallest absolute Gasteiger partial charge is 0.329 e. The number of ether oxygens (including phenoxy) is 2. The Hall–Kier alpha value is -3.84. The van der Waals surface area contributed by atoms with E-state index in [1.807, 2.05) is 62.4 Å². The van der Waals surface area contributed by atoms with E-state index in [1.165, 1.54) is 4.90 Å². The summed E-state index contributed by atoms with van der Waals surface area (Å²) < 4.78 is 12.6. The molecular formula is C28H24IN3O4. The van der Waals surface area contributed by atoms with E-state index < -0.39 is 6.03 Å². The van der Waals surface area contributed by atoms with Crippen molar-refractivity contribution in [3.05, 3.63) is 97.7 Å². The fraction of sp³-hybridized carbons (Fsp3) is 0.179. The van der Waals surface area contributed by atoms with Crippen LogP contribution in [0.2, 0.25) is 0 Å². The van der Waals surface area contributed by atoms with E-state index in [4.69, 9.17) is 9.47 Å². The minimum atomic E-state index is -0.456. The molecule has 0 spiro atoms. The van der Waals surface area contributed by atoms with Gasteiger partial charge in [-0.05, 0) is 71.8 Å². The standard InChI is InChI=1S/C28H24IN3O4/c1-3-35-25-14-20(12-23(29)26(25)36-17-22-7-5-4-6-21(22)15-30)13-24-27(33)32(28(34)31-24)16-19-10-8-18(2)9-11-19/h4-14H,3,16-17H2,1-2H3,(H,31,34)/b24-13+. The highest BCUT2D eigenvalue weighted by molar-refractivity contribution is 14.1. The zero-order valence-electron chi connectivity index (χ0n) is 19.9.